The number of fused-ring (bicyclic) bond motifs is 1. The second-order valence-corrected chi connectivity index (χ2v) is 8.19. The van der Waals surface area contributed by atoms with Gasteiger partial charge in [-0.3, -0.25) is 19.7 Å². The maximum atomic E-state index is 13.3. The molecule has 2 saturated heterocycles. The molecular formula is C21H23N5O3. The van der Waals surface area contributed by atoms with E-state index in [2.05, 4.69) is 15.2 Å². The zero-order valence-corrected chi connectivity index (χ0v) is 16.4. The lowest BCUT2D eigenvalue weighted by Crippen LogP contribution is -2.44. The van der Waals surface area contributed by atoms with E-state index < -0.39 is 17.4 Å². The number of aromatic nitrogens is 3. The molecule has 2 aromatic rings. The molecule has 3 aliphatic heterocycles. The number of amides is 2. The Balaban J connectivity index is 1.36. The lowest BCUT2D eigenvalue weighted by atomic mass is 9.76. The van der Waals surface area contributed by atoms with Crippen LogP contribution in [0.2, 0.25) is 0 Å². The number of ether oxygens (including phenoxy) is 1. The largest absolute Gasteiger partial charge is 0.360 e. The van der Waals surface area contributed by atoms with Crippen molar-refractivity contribution in [1.29, 1.82) is 0 Å². The molecule has 0 aliphatic carbocycles. The van der Waals surface area contributed by atoms with Gasteiger partial charge in [0.2, 0.25) is 11.8 Å². The number of likely N-dealkylation sites (tertiary alicyclic amines) is 1. The predicted octanol–water partition coefficient (Wildman–Crippen LogP) is 1.05. The van der Waals surface area contributed by atoms with Crippen LogP contribution in [0.1, 0.15) is 17.0 Å². The number of nitrogens with zero attached hydrogens (tertiary/aromatic N) is 4. The van der Waals surface area contributed by atoms with Crippen LogP contribution in [0.3, 0.4) is 0 Å². The van der Waals surface area contributed by atoms with Crippen molar-refractivity contribution >= 4 is 11.8 Å². The molecule has 8 nitrogen and oxygen atoms in total. The fourth-order valence-electron chi connectivity index (χ4n) is 4.84. The Morgan fingerprint density at radius 3 is 3.07 bits per heavy atom. The molecule has 2 aromatic heterocycles. The number of aromatic amines is 1. The number of carbonyl (C=O) groups excluding carboxylic acids is 2. The molecule has 0 unspecified atom stereocenters. The summed E-state index contributed by atoms with van der Waals surface area (Å²) in [5, 5.41) is 7.10. The predicted molar refractivity (Wildman–Crippen MR) is 103 cm³/mol. The Labute approximate surface area is 168 Å². The number of aryl methyl sites for hydroxylation is 1. The van der Waals surface area contributed by atoms with Gasteiger partial charge >= 0.3 is 0 Å². The number of rotatable bonds is 5. The van der Waals surface area contributed by atoms with Crippen molar-refractivity contribution in [2.45, 2.75) is 31.7 Å². The van der Waals surface area contributed by atoms with Crippen molar-refractivity contribution in [3.63, 3.8) is 0 Å². The van der Waals surface area contributed by atoms with Crippen molar-refractivity contribution in [2.24, 2.45) is 11.8 Å². The smallest absolute Gasteiger partial charge is 0.230 e. The molecule has 1 N–H and O–H groups in total. The SMILES string of the molecule is Cc1cc(CN(C)C(=O)[C@H]2[C@@H]3C=C[C@@]4(CN(Cc5cccnc5)C(=O)[C@H]24)O3)n[nH]1. The molecule has 1 spiro atoms. The molecule has 5 heterocycles. The Morgan fingerprint density at radius 2 is 2.34 bits per heavy atom. The van der Waals surface area contributed by atoms with Gasteiger partial charge < -0.3 is 14.5 Å². The Kier molecular flexibility index (Phi) is 4.06. The first-order chi connectivity index (χ1) is 14.0. The van der Waals surface area contributed by atoms with Crippen molar-refractivity contribution in [2.75, 3.05) is 13.6 Å². The van der Waals surface area contributed by atoms with Gasteiger partial charge in [-0.1, -0.05) is 18.2 Å². The van der Waals surface area contributed by atoms with Crippen LogP contribution in [-0.4, -0.2) is 62.1 Å². The van der Waals surface area contributed by atoms with E-state index >= 15 is 0 Å². The molecule has 2 amide bonds. The summed E-state index contributed by atoms with van der Waals surface area (Å²) in [6.45, 7) is 3.24. The highest BCUT2D eigenvalue weighted by Crippen LogP contribution is 2.52. The number of nitrogens with one attached hydrogen (secondary N) is 1. The third-order valence-electron chi connectivity index (χ3n) is 6.09. The maximum absolute atomic E-state index is 13.3. The number of carbonyl (C=O) groups is 2. The third-order valence-corrected chi connectivity index (χ3v) is 6.09. The molecule has 0 radical (unpaired) electrons. The van der Waals surface area contributed by atoms with Crippen LogP contribution >= 0.6 is 0 Å². The van der Waals surface area contributed by atoms with Gasteiger partial charge in [-0.25, -0.2) is 0 Å². The minimum absolute atomic E-state index is 0.0249. The molecule has 5 rings (SSSR count). The van der Waals surface area contributed by atoms with E-state index in [4.69, 9.17) is 4.74 Å². The standard InChI is InChI=1S/C21H23N5O3/c1-13-8-15(24-23-13)11-25(2)19(27)17-16-5-6-21(29-16)12-26(20(28)18(17)21)10-14-4-3-7-22-9-14/h3-9,16-18H,10-12H2,1-2H3,(H,23,24)/t16-,17-,18-,21-/m0/s1. The number of pyridine rings is 1. The second kappa shape index (κ2) is 6.52. The van der Waals surface area contributed by atoms with Gasteiger partial charge in [-0.2, -0.15) is 5.10 Å². The maximum Gasteiger partial charge on any atom is 0.230 e. The Morgan fingerprint density at radius 1 is 1.48 bits per heavy atom. The Hall–Kier alpha value is -3.00. The van der Waals surface area contributed by atoms with Gasteiger partial charge in [0.25, 0.3) is 0 Å². The van der Waals surface area contributed by atoms with Gasteiger partial charge in [0.1, 0.15) is 5.60 Å². The first kappa shape index (κ1) is 18.1. The lowest BCUT2D eigenvalue weighted by Gasteiger charge is -2.27. The van der Waals surface area contributed by atoms with Gasteiger partial charge in [0.05, 0.1) is 36.7 Å². The molecule has 150 valence electrons. The summed E-state index contributed by atoms with van der Waals surface area (Å²) in [5.74, 6) is -1.09. The van der Waals surface area contributed by atoms with Gasteiger partial charge in [0.15, 0.2) is 0 Å². The first-order valence-electron chi connectivity index (χ1n) is 9.77. The second-order valence-electron chi connectivity index (χ2n) is 8.19. The summed E-state index contributed by atoms with van der Waals surface area (Å²) in [7, 11) is 1.75. The minimum Gasteiger partial charge on any atom is -0.360 e. The van der Waals surface area contributed by atoms with E-state index in [0.717, 1.165) is 17.0 Å². The van der Waals surface area contributed by atoms with E-state index in [1.807, 2.05) is 37.3 Å². The van der Waals surface area contributed by atoms with Crippen molar-refractivity contribution in [3.05, 3.63) is 59.7 Å². The van der Waals surface area contributed by atoms with Crippen molar-refractivity contribution in [3.8, 4) is 0 Å². The molecule has 8 heteroatoms. The van der Waals surface area contributed by atoms with Gasteiger partial charge in [-0.05, 0) is 24.6 Å². The average molecular weight is 393 g/mol. The van der Waals surface area contributed by atoms with Gasteiger partial charge in [-0.15, -0.1) is 0 Å². The fraction of sp³-hybridized carbons (Fsp3) is 0.429. The summed E-state index contributed by atoms with van der Waals surface area (Å²) in [6.07, 6.45) is 7.04. The number of hydrogen-bond acceptors (Lipinski definition) is 5. The summed E-state index contributed by atoms with van der Waals surface area (Å²) >= 11 is 0. The van der Waals surface area contributed by atoms with Crippen molar-refractivity contribution in [1.82, 2.24) is 25.0 Å². The van der Waals surface area contributed by atoms with E-state index in [0.29, 0.717) is 19.6 Å². The molecule has 0 saturated carbocycles. The first-order valence-corrected chi connectivity index (χ1v) is 9.77. The van der Waals surface area contributed by atoms with Crippen LogP contribution in [0.5, 0.6) is 0 Å². The average Bonchev–Trinajstić information content (AvgIpc) is 3.44. The topological polar surface area (TPSA) is 91.4 Å². The zero-order chi connectivity index (χ0) is 20.2. The summed E-state index contributed by atoms with van der Waals surface area (Å²) in [6, 6.07) is 5.72. The Bertz CT molecular complexity index is 987. The van der Waals surface area contributed by atoms with E-state index in [9.17, 15) is 9.59 Å². The summed E-state index contributed by atoms with van der Waals surface area (Å²) in [5.41, 5.74) is 2.00. The molecule has 29 heavy (non-hydrogen) atoms. The monoisotopic (exact) mass is 393 g/mol. The van der Waals surface area contributed by atoms with E-state index in [-0.39, 0.29) is 17.9 Å². The zero-order valence-electron chi connectivity index (χ0n) is 16.4. The molecule has 3 aliphatic rings. The molecule has 2 bridgehead atoms. The fourth-order valence-corrected chi connectivity index (χ4v) is 4.84. The summed E-state index contributed by atoms with van der Waals surface area (Å²) < 4.78 is 6.20. The van der Waals surface area contributed by atoms with Crippen LogP contribution in [0.15, 0.2) is 42.7 Å². The molecule has 2 fully saturated rings. The highest BCUT2D eigenvalue weighted by Gasteiger charge is 2.67. The van der Waals surface area contributed by atoms with Crippen LogP contribution in [-0.2, 0) is 27.4 Å². The highest BCUT2D eigenvalue weighted by molar-refractivity contribution is 5.93. The highest BCUT2D eigenvalue weighted by atomic mass is 16.5. The molecular weight excluding hydrogens is 370 g/mol. The van der Waals surface area contributed by atoms with Crippen LogP contribution < -0.4 is 0 Å². The number of hydrogen-bond donors (Lipinski definition) is 1. The van der Waals surface area contributed by atoms with E-state index in [1.165, 1.54) is 0 Å². The molecule has 0 aromatic carbocycles. The summed E-state index contributed by atoms with van der Waals surface area (Å²) in [4.78, 5) is 34.1. The lowest BCUT2D eigenvalue weighted by molar-refractivity contribution is -0.142. The number of H-pyrrole nitrogens is 1. The third kappa shape index (κ3) is 2.86. The normalized spacial score (nSPS) is 29.5. The van der Waals surface area contributed by atoms with Crippen molar-refractivity contribution < 1.29 is 14.3 Å². The quantitative estimate of drug-likeness (QED) is 0.767. The van der Waals surface area contributed by atoms with Crippen LogP contribution in [0, 0.1) is 18.8 Å². The van der Waals surface area contributed by atoms with Crippen LogP contribution in [0.4, 0.5) is 0 Å². The van der Waals surface area contributed by atoms with Gasteiger partial charge in [0, 0.05) is 31.7 Å². The minimum atomic E-state index is -0.700. The van der Waals surface area contributed by atoms with E-state index in [1.54, 1.807) is 29.2 Å². The van der Waals surface area contributed by atoms with Crippen LogP contribution in [0.25, 0.3) is 0 Å². The molecule has 4 atom stereocenters.